The fourth-order valence-electron chi connectivity index (χ4n) is 0.953. The summed E-state index contributed by atoms with van der Waals surface area (Å²) in [5.74, 6) is 0.768. The van der Waals surface area contributed by atoms with Crippen molar-refractivity contribution in [2.45, 2.75) is 6.54 Å². The third-order valence-corrected chi connectivity index (χ3v) is 2.54. The molecule has 2 aromatic rings. The molecular formula is C7H10N6S. The molecule has 0 N–H and O–H groups in total. The van der Waals surface area contributed by atoms with E-state index in [9.17, 15) is 0 Å². The van der Waals surface area contributed by atoms with E-state index in [1.165, 1.54) is 11.5 Å². The topological polar surface area (TPSA) is 59.7 Å². The van der Waals surface area contributed by atoms with Crippen molar-refractivity contribution in [3.05, 3.63) is 18.2 Å². The van der Waals surface area contributed by atoms with Crippen LogP contribution < -0.4 is 4.90 Å². The van der Waals surface area contributed by atoms with Gasteiger partial charge in [0.2, 0.25) is 5.13 Å². The minimum Gasteiger partial charge on any atom is -0.353 e. The summed E-state index contributed by atoms with van der Waals surface area (Å²) in [7, 11) is 3.89. The first-order chi connectivity index (χ1) is 6.75. The molecule has 0 fully saturated rings. The Morgan fingerprint density at radius 2 is 2.36 bits per heavy atom. The molecule has 2 heterocycles. The van der Waals surface area contributed by atoms with Crippen molar-refractivity contribution in [3.8, 4) is 0 Å². The third kappa shape index (κ3) is 1.87. The monoisotopic (exact) mass is 210 g/mol. The van der Waals surface area contributed by atoms with E-state index >= 15 is 0 Å². The second-order valence-corrected chi connectivity index (χ2v) is 3.72. The first-order valence-corrected chi connectivity index (χ1v) is 4.87. The van der Waals surface area contributed by atoms with Crippen molar-refractivity contribution in [2.75, 3.05) is 19.0 Å². The Balaban J connectivity index is 2.11. The molecule has 0 aromatic carbocycles. The summed E-state index contributed by atoms with van der Waals surface area (Å²) < 4.78 is 5.91. The quantitative estimate of drug-likeness (QED) is 0.726. The van der Waals surface area contributed by atoms with E-state index < -0.39 is 0 Å². The smallest absolute Gasteiger partial charge is 0.204 e. The van der Waals surface area contributed by atoms with Crippen LogP contribution in [0.25, 0.3) is 0 Å². The lowest BCUT2D eigenvalue weighted by atomic mass is 10.6. The lowest BCUT2D eigenvalue weighted by Crippen LogP contribution is -2.08. The van der Waals surface area contributed by atoms with Gasteiger partial charge in [-0.15, -0.1) is 5.10 Å². The van der Waals surface area contributed by atoms with Crippen LogP contribution in [0.3, 0.4) is 0 Å². The molecule has 6 nitrogen and oxygen atoms in total. The molecule has 0 radical (unpaired) electrons. The first-order valence-electron chi connectivity index (χ1n) is 4.10. The molecule has 0 bridgehead atoms. The lowest BCUT2D eigenvalue weighted by molar-refractivity contribution is 0.631. The Morgan fingerprint density at radius 3 is 2.93 bits per heavy atom. The summed E-state index contributed by atoms with van der Waals surface area (Å²) in [6.07, 6.45) is 3.43. The number of nitrogens with zero attached hydrogens (tertiary/aromatic N) is 6. The van der Waals surface area contributed by atoms with Crippen molar-refractivity contribution in [3.63, 3.8) is 0 Å². The zero-order chi connectivity index (χ0) is 9.97. The molecule has 7 heteroatoms. The molecule has 2 aromatic heterocycles. The Kier molecular flexibility index (Phi) is 2.40. The van der Waals surface area contributed by atoms with Crippen LogP contribution in [0.2, 0.25) is 0 Å². The van der Waals surface area contributed by atoms with Crippen molar-refractivity contribution >= 4 is 16.7 Å². The fraction of sp³-hybridized carbons (Fsp3) is 0.429. The largest absolute Gasteiger partial charge is 0.353 e. The standard InChI is InChI=1S/C7H10N6S/c1-12(2)7-9-6(10-14-7)5-13-4-3-8-11-13/h3-4H,5H2,1-2H3. The molecule has 0 saturated carbocycles. The molecule has 0 aliphatic rings. The highest BCUT2D eigenvalue weighted by atomic mass is 32.1. The number of hydrogen-bond donors (Lipinski definition) is 0. The minimum absolute atomic E-state index is 0.574. The molecular weight excluding hydrogens is 200 g/mol. The maximum atomic E-state index is 4.33. The van der Waals surface area contributed by atoms with Gasteiger partial charge >= 0.3 is 0 Å². The van der Waals surface area contributed by atoms with Crippen molar-refractivity contribution in [1.82, 2.24) is 24.4 Å². The van der Waals surface area contributed by atoms with Crippen molar-refractivity contribution in [2.24, 2.45) is 0 Å². The van der Waals surface area contributed by atoms with E-state index in [2.05, 4.69) is 19.7 Å². The number of hydrogen-bond acceptors (Lipinski definition) is 6. The van der Waals surface area contributed by atoms with Gasteiger partial charge in [-0.1, -0.05) is 5.21 Å². The second kappa shape index (κ2) is 3.70. The van der Waals surface area contributed by atoms with E-state index in [0.717, 1.165) is 11.0 Å². The van der Waals surface area contributed by atoms with Crippen LogP contribution in [-0.2, 0) is 6.54 Å². The van der Waals surface area contributed by atoms with Gasteiger partial charge in [0.05, 0.1) is 6.20 Å². The summed E-state index contributed by atoms with van der Waals surface area (Å²) in [6.45, 7) is 0.574. The van der Waals surface area contributed by atoms with Crippen LogP contribution >= 0.6 is 11.5 Å². The third-order valence-electron chi connectivity index (χ3n) is 1.62. The highest BCUT2D eigenvalue weighted by Crippen LogP contribution is 2.13. The number of anilines is 1. The summed E-state index contributed by atoms with van der Waals surface area (Å²) in [5.41, 5.74) is 0. The summed E-state index contributed by atoms with van der Waals surface area (Å²) >= 11 is 1.38. The van der Waals surface area contributed by atoms with Crippen LogP contribution in [-0.4, -0.2) is 38.4 Å². The second-order valence-electron chi connectivity index (χ2n) is 2.99. The average Bonchev–Trinajstić information content (AvgIpc) is 2.75. The van der Waals surface area contributed by atoms with Crippen LogP contribution in [0.15, 0.2) is 12.4 Å². The molecule has 14 heavy (non-hydrogen) atoms. The number of aromatic nitrogens is 5. The molecule has 0 saturated heterocycles. The molecule has 0 aliphatic carbocycles. The SMILES string of the molecule is CN(C)c1nc(Cn2ccnn2)ns1. The Morgan fingerprint density at radius 1 is 1.50 bits per heavy atom. The molecule has 0 unspecified atom stereocenters. The van der Waals surface area contributed by atoms with Gasteiger partial charge in [-0.2, -0.15) is 4.37 Å². The maximum Gasteiger partial charge on any atom is 0.204 e. The minimum atomic E-state index is 0.574. The van der Waals surface area contributed by atoms with Crippen LogP contribution in [0.5, 0.6) is 0 Å². The van der Waals surface area contributed by atoms with E-state index in [1.54, 1.807) is 17.1 Å². The van der Waals surface area contributed by atoms with Gasteiger partial charge in [0.1, 0.15) is 6.54 Å². The van der Waals surface area contributed by atoms with Gasteiger partial charge in [0, 0.05) is 31.8 Å². The Labute approximate surface area is 85.4 Å². The summed E-state index contributed by atoms with van der Waals surface area (Å²) in [5, 5.41) is 8.46. The predicted molar refractivity (Wildman–Crippen MR) is 53.4 cm³/mol. The zero-order valence-corrected chi connectivity index (χ0v) is 8.77. The van der Waals surface area contributed by atoms with Crippen LogP contribution in [0, 0.1) is 0 Å². The zero-order valence-electron chi connectivity index (χ0n) is 7.95. The summed E-state index contributed by atoms with van der Waals surface area (Å²) in [6, 6.07) is 0. The predicted octanol–water partition coefficient (Wildman–Crippen LogP) is 0.244. The molecule has 0 atom stereocenters. The molecule has 0 amide bonds. The first kappa shape index (κ1) is 9.07. The number of rotatable bonds is 3. The van der Waals surface area contributed by atoms with E-state index in [0.29, 0.717) is 6.54 Å². The van der Waals surface area contributed by atoms with Gasteiger partial charge in [0.25, 0.3) is 0 Å². The maximum absolute atomic E-state index is 4.33. The molecule has 0 spiro atoms. The Bertz CT molecular complexity index is 392. The van der Waals surface area contributed by atoms with Gasteiger partial charge in [-0.3, -0.25) is 0 Å². The molecule has 74 valence electrons. The normalized spacial score (nSPS) is 10.4. The molecule has 0 aliphatic heterocycles. The lowest BCUT2D eigenvalue weighted by Gasteiger charge is -2.04. The van der Waals surface area contributed by atoms with Gasteiger partial charge in [-0.05, 0) is 0 Å². The molecule has 2 rings (SSSR count). The van der Waals surface area contributed by atoms with Crippen LogP contribution in [0.4, 0.5) is 5.13 Å². The Hall–Kier alpha value is -1.50. The highest BCUT2D eigenvalue weighted by Gasteiger charge is 2.05. The van der Waals surface area contributed by atoms with Crippen molar-refractivity contribution < 1.29 is 0 Å². The fourth-order valence-corrected chi connectivity index (χ4v) is 1.55. The van der Waals surface area contributed by atoms with Crippen LogP contribution in [0.1, 0.15) is 5.82 Å². The summed E-state index contributed by atoms with van der Waals surface area (Å²) in [4.78, 5) is 6.26. The van der Waals surface area contributed by atoms with E-state index in [1.807, 2.05) is 19.0 Å². The van der Waals surface area contributed by atoms with Gasteiger partial charge in [0.15, 0.2) is 5.82 Å². The average molecular weight is 210 g/mol. The van der Waals surface area contributed by atoms with Gasteiger partial charge in [-0.25, -0.2) is 9.67 Å². The van der Waals surface area contributed by atoms with E-state index in [-0.39, 0.29) is 0 Å². The van der Waals surface area contributed by atoms with Crippen molar-refractivity contribution in [1.29, 1.82) is 0 Å². The van der Waals surface area contributed by atoms with Gasteiger partial charge < -0.3 is 4.90 Å². The van der Waals surface area contributed by atoms with E-state index in [4.69, 9.17) is 0 Å². The highest BCUT2D eigenvalue weighted by molar-refractivity contribution is 7.09.